The van der Waals surface area contributed by atoms with Gasteiger partial charge in [-0.05, 0) is 18.9 Å². The van der Waals surface area contributed by atoms with Crippen molar-refractivity contribution in [3.8, 4) is 0 Å². The zero-order valence-electron chi connectivity index (χ0n) is 8.41. The van der Waals surface area contributed by atoms with Crippen molar-refractivity contribution in [3.63, 3.8) is 0 Å². The number of carboxylic acid groups (broad SMARTS) is 1. The van der Waals surface area contributed by atoms with E-state index < -0.39 is 5.97 Å². The van der Waals surface area contributed by atoms with Gasteiger partial charge in [-0.15, -0.1) is 11.3 Å². The van der Waals surface area contributed by atoms with Gasteiger partial charge in [0, 0.05) is 11.1 Å². The highest BCUT2D eigenvalue weighted by Crippen LogP contribution is 2.26. The van der Waals surface area contributed by atoms with Crippen molar-refractivity contribution in [3.05, 3.63) is 16.6 Å². The maximum Gasteiger partial charge on any atom is 0.345 e. The van der Waals surface area contributed by atoms with E-state index in [4.69, 9.17) is 5.11 Å². The maximum absolute atomic E-state index is 10.8. The first kappa shape index (κ1) is 10.2. The molecule has 0 bridgehead atoms. The number of hydrogen-bond donors (Lipinski definition) is 2. The Hall–Kier alpha value is -1.36. The average Bonchev–Trinajstić information content (AvgIpc) is 2.74. The molecule has 0 fully saturated rings. The van der Waals surface area contributed by atoms with Crippen molar-refractivity contribution < 1.29 is 9.90 Å². The zero-order chi connectivity index (χ0) is 10.8. The van der Waals surface area contributed by atoms with E-state index in [-0.39, 0.29) is 0 Å². The highest BCUT2D eigenvalue weighted by molar-refractivity contribution is 7.20. The molecule has 0 aliphatic rings. The molecule has 0 saturated heterocycles. The Kier molecular flexibility index (Phi) is 2.73. The van der Waals surface area contributed by atoms with Crippen LogP contribution in [0, 0.1) is 0 Å². The molecule has 2 aromatic heterocycles. The predicted molar refractivity (Wildman–Crippen MR) is 59.5 cm³/mol. The highest BCUT2D eigenvalue weighted by atomic mass is 32.1. The molecule has 4 nitrogen and oxygen atoms in total. The minimum Gasteiger partial charge on any atom is -0.477 e. The summed E-state index contributed by atoms with van der Waals surface area (Å²) in [6, 6.07) is 1.71. The van der Waals surface area contributed by atoms with Gasteiger partial charge in [0.1, 0.15) is 9.71 Å². The van der Waals surface area contributed by atoms with Crippen LogP contribution >= 0.6 is 11.3 Å². The lowest BCUT2D eigenvalue weighted by Crippen LogP contribution is -1.91. The number of H-pyrrole nitrogens is 1. The van der Waals surface area contributed by atoms with Gasteiger partial charge in [0.25, 0.3) is 0 Å². The summed E-state index contributed by atoms with van der Waals surface area (Å²) in [6.45, 7) is 2.13. The molecule has 0 saturated carbocycles. The van der Waals surface area contributed by atoms with Gasteiger partial charge in [0.2, 0.25) is 0 Å². The molecule has 0 atom stereocenters. The van der Waals surface area contributed by atoms with Crippen LogP contribution < -0.4 is 0 Å². The molecule has 0 aromatic carbocycles. The Bertz CT molecular complexity index is 487. The molecule has 2 aromatic rings. The molecule has 0 amide bonds. The standard InChI is InChI=1S/C10H12N2O2S/c1-2-3-4-7-6-5-8(10(13)14)15-9(6)12-11-7/h5H,2-4H2,1H3,(H,11,12)(H,13,14). The van der Waals surface area contributed by atoms with Gasteiger partial charge in [-0.3, -0.25) is 5.10 Å². The van der Waals surface area contributed by atoms with E-state index >= 15 is 0 Å². The summed E-state index contributed by atoms with van der Waals surface area (Å²) in [5.41, 5.74) is 1.05. The lowest BCUT2D eigenvalue weighted by atomic mass is 10.1. The van der Waals surface area contributed by atoms with Crippen molar-refractivity contribution in [2.75, 3.05) is 0 Å². The van der Waals surface area contributed by atoms with E-state index in [1.165, 1.54) is 11.3 Å². The Labute approximate surface area is 90.9 Å². The second-order valence-electron chi connectivity index (χ2n) is 3.44. The third-order valence-corrected chi connectivity index (χ3v) is 3.34. The number of hydrogen-bond acceptors (Lipinski definition) is 3. The van der Waals surface area contributed by atoms with E-state index in [9.17, 15) is 4.79 Å². The lowest BCUT2D eigenvalue weighted by molar-refractivity contribution is 0.0702. The number of nitrogens with one attached hydrogen (secondary N) is 1. The van der Waals surface area contributed by atoms with E-state index in [0.29, 0.717) is 4.88 Å². The Morgan fingerprint density at radius 2 is 2.47 bits per heavy atom. The summed E-state index contributed by atoms with van der Waals surface area (Å²) in [7, 11) is 0. The van der Waals surface area contributed by atoms with Crippen molar-refractivity contribution in [1.29, 1.82) is 0 Å². The number of carboxylic acids is 1. The topological polar surface area (TPSA) is 66.0 Å². The molecule has 2 rings (SSSR count). The highest BCUT2D eigenvalue weighted by Gasteiger charge is 2.13. The number of rotatable bonds is 4. The zero-order valence-corrected chi connectivity index (χ0v) is 9.23. The second kappa shape index (κ2) is 4.02. The molecule has 0 radical (unpaired) electrons. The second-order valence-corrected chi connectivity index (χ2v) is 4.47. The summed E-state index contributed by atoms with van der Waals surface area (Å²) >= 11 is 1.22. The van der Waals surface area contributed by atoms with Gasteiger partial charge in [-0.1, -0.05) is 13.3 Å². The van der Waals surface area contributed by atoms with Crippen molar-refractivity contribution >= 4 is 27.5 Å². The minimum atomic E-state index is -0.876. The van der Waals surface area contributed by atoms with Crippen molar-refractivity contribution in [2.45, 2.75) is 26.2 Å². The number of thiophene rings is 1. The summed E-state index contributed by atoms with van der Waals surface area (Å²) in [4.78, 5) is 11.9. The summed E-state index contributed by atoms with van der Waals surface area (Å²) in [6.07, 6.45) is 3.15. The van der Waals surface area contributed by atoms with E-state index in [0.717, 1.165) is 35.2 Å². The van der Waals surface area contributed by atoms with Crippen LogP contribution in [0.25, 0.3) is 10.2 Å². The number of aryl methyl sites for hydroxylation is 1. The smallest absolute Gasteiger partial charge is 0.345 e. The van der Waals surface area contributed by atoms with Gasteiger partial charge in [-0.2, -0.15) is 5.10 Å². The van der Waals surface area contributed by atoms with Crippen LogP contribution in [0.2, 0.25) is 0 Å². The Morgan fingerprint density at radius 3 is 3.13 bits per heavy atom. The molecule has 0 aliphatic carbocycles. The fourth-order valence-corrected chi connectivity index (χ4v) is 2.36. The fraction of sp³-hybridized carbons (Fsp3) is 0.400. The monoisotopic (exact) mass is 224 g/mol. The first-order chi connectivity index (χ1) is 7.22. The number of aromatic amines is 1. The molecule has 80 valence electrons. The van der Waals surface area contributed by atoms with Crippen LogP contribution in [0.3, 0.4) is 0 Å². The molecular formula is C10H12N2O2S. The van der Waals surface area contributed by atoms with E-state index in [1.54, 1.807) is 6.07 Å². The van der Waals surface area contributed by atoms with E-state index in [2.05, 4.69) is 17.1 Å². The number of carbonyl (C=O) groups is 1. The first-order valence-corrected chi connectivity index (χ1v) is 5.74. The maximum atomic E-state index is 10.8. The Balaban J connectivity index is 2.36. The predicted octanol–water partition coefficient (Wildman–Crippen LogP) is 2.67. The van der Waals surface area contributed by atoms with Crippen LogP contribution in [0.4, 0.5) is 0 Å². The Morgan fingerprint density at radius 1 is 1.67 bits per heavy atom. The van der Waals surface area contributed by atoms with Crippen LogP contribution in [0.5, 0.6) is 0 Å². The molecule has 0 spiro atoms. The molecule has 0 unspecified atom stereocenters. The average molecular weight is 224 g/mol. The normalized spacial score (nSPS) is 11.0. The van der Waals surface area contributed by atoms with Crippen LogP contribution in [-0.2, 0) is 6.42 Å². The minimum absolute atomic E-state index is 0.360. The van der Waals surface area contributed by atoms with Crippen molar-refractivity contribution in [2.24, 2.45) is 0 Å². The largest absolute Gasteiger partial charge is 0.477 e. The molecule has 2 N–H and O–H groups in total. The van der Waals surface area contributed by atoms with Gasteiger partial charge < -0.3 is 5.11 Å². The van der Waals surface area contributed by atoms with Crippen LogP contribution in [-0.4, -0.2) is 21.3 Å². The lowest BCUT2D eigenvalue weighted by Gasteiger charge is -1.93. The third-order valence-electron chi connectivity index (χ3n) is 2.32. The summed E-state index contributed by atoms with van der Waals surface area (Å²) in [5, 5.41) is 16.9. The van der Waals surface area contributed by atoms with Gasteiger partial charge in [0.15, 0.2) is 0 Å². The van der Waals surface area contributed by atoms with Crippen LogP contribution in [0.15, 0.2) is 6.07 Å². The van der Waals surface area contributed by atoms with E-state index in [1.807, 2.05) is 0 Å². The number of aromatic carboxylic acids is 1. The van der Waals surface area contributed by atoms with Gasteiger partial charge in [0.05, 0.1) is 0 Å². The molecule has 5 heteroatoms. The SMILES string of the molecule is CCCCc1[nH]nc2sc(C(=O)O)cc12. The number of nitrogens with zero attached hydrogens (tertiary/aromatic N) is 1. The first-order valence-electron chi connectivity index (χ1n) is 4.92. The summed E-state index contributed by atoms with van der Waals surface area (Å²) < 4.78 is 0. The van der Waals surface area contributed by atoms with Gasteiger partial charge >= 0.3 is 5.97 Å². The molecular weight excluding hydrogens is 212 g/mol. The number of aromatic nitrogens is 2. The number of unbranched alkanes of at least 4 members (excludes halogenated alkanes) is 1. The van der Waals surface area contributed by atoms with Crippen molar-refractivity contribution in [1.82, 2.24) is 10.2 Å². The van der Waals surface area contributed by atoms with Gasteiger partial charge in [-0.25, -0.2) is 4.79 Å². The van der Waals surface area contributed by atoms with Crippen LogP contribution in [0.1, 0.15) is 35.1 Å². The molecule has 2 heterocycles. The third kappa shape index (κ3) is 1.87. The fourth-order valence-electron chi connectivity index (χ4n) is 1.51. The molecule has 15 heavy (non-hydrogen) atoms. The number of fused-ring (bicyclic) bond motifs is 1. The summed E-state index contributed by atoms with van der Waals surface area (Å²) in [5.74, 6) is -0.876. The molecule has 0 aliphatic heterocycles. The quantitative estimate of drug-likeness (QED) is 0.839.